The highest BCUT2D eigenvalue weighted by Crippen LogP contribution is 2.20. The summed E-state index contributed by atoms with van der Waals surface area (Å²) >= 11 is 1.28. The number of amides is 2. The molecule has 0 radical (unpaired) electrons. The van der Waals surface area contributed by atoms with Crippen molar-refractivity contribution in [2.24, 2.45) is 0 Å². The second kappa shape index (κ2) is 7.33. The highest BCUT2D eigenvalue weighted by atomic mass is 32.2. The molecule has 0 aliphatic carbocycles. The molecule has 2 amide bonds. The minimum Gasteiger partial charge on any atom is -0.323 e. The third-order valence-electron chi connectivity index (χ3n) is 3.72. The summed E-state index contributed by atoms with van der Waals surface area (Å²) in [5, 5.41) is -0.00827. The lowest BCUT2D eigenvalue weighted by atomic mass is 10.2. The van der Waals surface area contributed by atoms with E-state index in [2.05, 4.69) is 0 Å². The van der Waals surface area contributed by atoms with Crippen LogP contribution in [0, 0.1) is 0 Å². The van der Waals surface area contributed by atoms with Gasteiger partial charge in [-0.3, -0.25) is 9.59 Å². The standard InChI is InChI=1S/C18H18N2O2S/c21-17(14-19-11-12-23-18(19)22)20(16-9-5-2-6-10-16)13-15-7-3-1-4-8-15/h1-10H,11-14H2. The van der Waals surface area contributed by atoms with Gasteiger partial charge in [0.25, 0.3) is 5.24 Å². The zero-order valence-electron chi connectivity index (χ0n) is 12.7. The first-order chi connectivity index (χ1) is 11.2. The van der Waals surface area contributed by atoms with Crippen LogP contribution in [0.4, 0.5) is 10.5 Å². The predicted molar refractivity (Wildman–Crippen MR) is 93.5 cm³/mol. The fourth-order valence-corrected chi connectivity index (χ4v) is 3.34. The molecule has 0 aromatic heterocycles. The zero-order valence-corrected chi connectivity index (χ0v) is 13.5. The summed E-state index contributed by atoms with van der Waals surface area (Å²) in [5.74, 6) is 0.701. The highest BCUT2D eigenvalue weighted by molar-refractivity contribution is 8.13. The number of rotatable bonds is 5. The predicted octanol–water partition coefficient (Wildman–Crippen LogP) is 3.39. The second-order valence-corrected chi connectivity index (χ2v) is 6.38. The van der Waals surface area contributed by atoms with Crippen molar-refractivity contribution in [1.29, 1.82) is 0 Å². The van der Waals surface area contributed by atoms with E-state index in [0.717, 1.165) is 17.0 Å². The van der Waals surface area contributed by atoms with Crippen LogP contribution in [-0.4, -0.2) is 34.9 Å². The van der Waals surface area contributed by atoms with Crippen LogP contribution < -0.4 is 4.90 Å². The minimum atomic E-state index is -0.0593. The van der Waals surface area contributed by atoms with E-state index in [1.807, 2.05) is 60.7 Å². The van der Waals surface area contributed by atoms with E-state index in [1.54, 1.807) is 9.80 Å². The van der Waals surface area contributed by atoms with Crippen LogP contribution >= 0.6 is 11.8 Å². The van der Waals surface area contributed by atoms with E-state index in [1.165, 1.54) is 11.8 Å². The summed E-state index contributed by atoms with van der Waals surface area (Å²) in [7, 11) is 0. The molecule has 2 aromatic rings. The first kappa shape index (κ1) is 15.6. The molecule has 5 heteroatoms. The van der Waals surface area contributed by atoms with Gasteiger partial charge in [-0.05, 0) is 17.7 Å². The number of hydrogen-bond acceptors (Lipinski definition) is 3. The van der Waals surface area contributed by atoms with Gasteiger partial charge in [-0.2, -0.15) is 0 Å². The molecule has 0 unspecified atom stereocenters. The number of nitrogens with zero attached hydrogens (tertiary/aromatic N) is 2. The van der Waals surface area contributed by atoms with E-state index in [-0.39, 0.29) is 17.7 Å². The Balaban J connectivity index is 1.79. The Bertz CT molecular complexity index is 676. The highest BCUT2D eigenvalue weighted by Gasteiger charge is 2.26. The van der Waals surface area contributed by atoms with Gasteiger partial charge in [0.2, 0.25) is 5.91 Å². The van der Waals surface area contributed by atoms with E-state index in [0.29, 0.717) is 13.1 Å². The van der Waals surface area contributed by atoms with Gasteiger partial charge in [0.1, 0.15) is 6.54 Å². The summed E-state index contributed by atoms with van der Waals surface area (Å²) in [6.07, 6.45) is 0. The lowest BCUT2D eigenvalue weighted by molar-refractivity contribution is -0.119. The number of para-hydroxylation sites is 1. The molecule has 0 N–H and O–H groups in total. The molecule has 0 atom stereocenters. The van der Waals surface area contributed by atoms with Gasteiger partial charge < -0.3 is 9.80 Å². The fraction of sp³-hybridized carbons (Fsp3) is 0.222. The van der Waals surface area contributed by atoms with Crippen LogP contribution in [-0.2, 0) is 11.3 Å². The first-order valence-corrected chi connectivity index (χ1v) is 8.53. The molecule has 1 fully saturated rings. The van der Waals surface area contributed by atoms with Crippen molar-refractivity contribution in [2.75, 3.05) is 23.7 Å². The maximum absolute atomic E-state index is 12.8. The maximum atomic E-state index is 12.8. The molecular weight excluding hydrogens is 308 g/mol. The number of benzene rings is 2. The third-order valence-corrected chi connectivity index (χ3v) is 4.62. The topological polar surface area (TPSA) is 40.6 Å². The van der Waals surface area contributed by atoms with Crippen LogP contribution in [0.5, 0.6) is 0 Å². The average Bonchev–Trinajstić information content (AvgIpc) is 2.99. The van der Waals surface area contributed by atoms with Crippen molar-refractivity contribution in [2.45, 2.75) is 6.54 Å². The van der Waals surface area contributed by atoms with Gasteiger partial charge in [-0.1, -0.05) is 60.3 Å². The Morgan fingerprint density at radius 2 is 1.70 bits per heavy atom. The van der Waals surface area contributed by atoms with Gasteiger partial charge in [0, 0.05) is 18.0 Å². The Labute approximate surface area is 140 Å². The van der Waals surface area contributed by atoms with Gasteiger partial charge in [-0.25, -0.2) is 0 Å². The van der Waals surface area contributed by atoms with Crippen molar-refractivity contribution in [3.8, 4) is 0 Å². The Kier molecular flexibility index (Phi) is 4.98. The zero-order chi connectivity index (χ0) is 16.1. The number of carbonyl (C=O) groups excluding carboxylic acids is 2. The van der Waals surface area contributed by atoms with Crippen molar-refractivity contribution >= 4 is 28.6 Å². The van der Waals surface area contributed by atoms with Crippen LogP contribution in [0.1, 0.15) is 5.56 Å². The Morgan fingerprint density at radius 1 is 1.04 bits per heavy atom. The van der Waals surface area contributed by atoms with Crippen LogP contribution in [0.25, 0.3) is 0 Å². The number of thioether (sulfide) groups is 1. The van der Waals surface area contributed by atoms with Gasteiger partial charge in [0.05, 0.1) is 6.54 Å². The monoisotopic (exact) mass is 326 g/mol. The van der Waals surface area contributed by atoms with Crippen molar-refractivity contribution in [1.82, 2.24) is 4.90 Å². The van der Waals surface area contributed by atoms with Crippen molar-refractivity contribution in [3.63, 3.8) is 0 Å². The molecular formula is C18H18N2O2S. The average molecular weight is 326 g/mol. The summed E-state index contributed by atoms with van der Waals surface area (Å²) in [6.45, 7) is 1.27. The summed E-state index contributed by atoms with van der Waals surface area (Å²) in [6, 6.07) is 19.5. The molecule has 2 aromatic carbocycles. The van der Waals surface area contributed by atoms with Gasteiger partial charge in [-0.15, -0.1) is 0 Å². The molecule has 1 aliphatic heterocycles. The number of carbonyl (C=O) groups is 2. The molecule has 118 valence electrons. The molecule has 1 heterocycles. The van der Waals surface area contributed by atoms with E-state index in [4.69, 9.17) is 0 Å². The third kappa shape index (κ3) is 3.93. The Hall–Kier alpha value is -2.27. The summed E-state index contributed by atoms with van der Waals surface area (Å²) < 4.78 is 0. The maximum Gasteiger partial charge on any atom is 0.282 e. The smallest absolute Gasteiger partial charge is 0.282 e. The van der Waals surface area contributed by atoms with Crippen molar-refractivity contribution in [3.05, 3.63) is 66.2 Å². The normalized spacial score (nSPS) is 14.1. The van der Waals surface area contributed by atoms with Crippen LogP contribution in [0.2, 0.25) is 0 Å². The first-order valence-electron chi connectivity index (χ1n) is 7.55. The van der Waals surface area contributed by atoms with Crippen LogP contribution in [0.15, 0.2) is 60.7 Å². The van der Waals surface area contributed by atoms with Crippen LogP contribution in [0.3, 0.4) is 0 Å². The van der Waals surface area contributed by atoms with Crippen molar-refractivity contribution < 1.29 is 9.59 Å². The van der Waals surface area contributed by atoms with Gasteiger partial charge >= 0.3 is 0 Å². The SMILES string of the molecule is O=C1SCCN1CC(=O)N(Cc1ccccc1)c1ccccc1. The second-order valence-electron chi connectivity index (χ2n) is 5.34. The molecule has 0 saturated carbocycles. The van der Waals surface area contributed by atoms with E-state index >= 15 is 0 Å². The minimum absolute atomic E-state index is 0.00827. The number of anilines is 1. The molecule has 1 saturated heterocycles. The summed E-state index contributed by atoms with van der Waals surface area (Å²) in [5.41, 5.74) is 1.91. The molecule has 0 spiro atoms. The van der Waals surface area contributed by atoms with E-state index < -0.39 is 0 Å². The molecule has 23 heavy (non-hydrogen) atoms. The fourth-order valence-electron chi connectivity index (χ4n) is 2.52. The summed E-state index contributed by atoms with van der Waals surface area (Å²) in [4.78, 5) is 27.9. The van der Waals surface area contributed by atoms with E-state index in [9.17, 15) is 9.59 Å². The molecule has 0 bridgehead atoms. The molecule has 1 aliphatic rings. The largest absolute Gasteiger partial charge is 0.323 e. The van der Waals surface area contributed by atoms with Gasteiger partial charge in [0.15, 0.2) is 0 Å². The molecule has 3 rings (SSSR count). The molecule has 4 nitrogen and oxygen atoms in total. The lowest BCUT2D eigenvalue weighted by Crippen LogP contribution is -2.40. The quantitative estimate of drug-likeness (QED) is 0.845. The lowest BCUT2D eigenvalue weighted by Gasteiger charge is -2.25. The number of hydrogen-bond donors (Lipinski definition) is 0. The Morgan fingerprint density at radius 3 is 2.30 bits per heavy atom.